The quantitative estimate of drug-likeness (QED) is 0.597. The van der Waals surface area contributed by atoms with Crippen molar-refractivity contribution in [1.82, 2.24) is 10.2 Å². The van der Waals surface area contributed by atoms with Crippen molar-refractivity contribution >= 4 is 34.8 Å². The van der Waals surface area contributed by atoms with Crippen LogP contribution in [-0.4, -0.2) is 10.2 Å². The van der Waals surface area contributed by atoms with E-state index >= 15 is 0 Å². The number of hydrogen-bond acceptors (Lipinski definition) is 2. The SMILES string of the molecule is ClC(Cl)(Cl)c1cccnn1. The highest BCUT2D eigenvalue weighted by molar-refractivity contribution is 6.66. The highest BCUT2D eigenvalue weighted by Gasteiger charge is 2.24. The third-order valence-electron chi connectivity index (χ3n) is 0.863. The van der Waals surface area contributed by atoms with Crippen LogP contribution in [0.4, 0.5) is 0 Å². The molecule has 0 aromatic carbocycles. The first-order valence-electron chi connectivity index (χ1n) is 2.45. The second-order valence-electron chi connectivity index (χ2n) is 1.61. The van der Waals surface area contributed by atoms with Gasteiger partial charge >= 0.3 is 0 Å². The standard InChI is InChI=1S/C5H3Cl3N2/c6-5(7,8)4-2-1-3-9-10-4/h1-3H. The van der Waals surface area contributed by atoms with Gasteiger partial charge in [0.15, 0.2) is 0 Å². The van der Waals surface area contributed by atoms with Gasteiger partial charge in [0.2, 0.25) is 3.79 Å². The molecule has 0 fully saturated rings. The van der Waals surface area contributed by atoms with E-state index in [4.69, 9.17) is 34.8 Å². The molecule has 1 heterocycles. The lowest BCUT2D eigenvalue weighted by Crippen LogP contribution is -2.03. The fourth-order valence-corrected chi connectivity index (χ4v) is 0.755. The Morgan fingerprint density at radius 3 is 2.30 bits per heavy atom. The van der Waals surface area contributed by atoms with Gasteiger partial charge in [0.25, 0.3) is 0 Å². The maximum atomic E-state index is 5.49. The minimum atomic E-state index is -1.46. The summed E-state index contributed by atoms with van der Waals surface area (Å²) in [6.45, 7) is 0. The van der Waals surface area contributed by atoms with Gasteiger partial charge in [-0.05, 0) is 12.1 Å². The predicted molar refractivity (Wildman–Crippen MR) is 41.3 cm³/mol. The van der Waals surface area contributed by atoms with Gasteiger partial charge in [-0.15, -0.1) is 0 Å². The number of alkyl halides is 3. The zero-order valence-electron chi connectivity index (χ0n) is 4.76. The molecule has 1 rings (SSSR count). The molecule has 0 N–H and O–H groups in total. The smallest absolute Gasteiger partial charge is 0.159 e. The van der Waals surface area contributed by atoms with Crippen LogP contribution in [0.1, 0.15) is 5.69 Å². The molecule has 0 unspecified atom stereocenters. The maximum absolute atomic E-state index is 5.49. The van der Waals surface area contributed by atoms with Gasteiger partial charge in [0.1, 0.15) is 5.69 Å². The van der Waals surface area contributed by atoms with Crippen molar-refractivity contribution in [3.8, 4) is 0 Å². The molecule has 54 valence electrons. The fourth-order valence-electron chi connectivity index (χ4n) is 0.453. The van der Waals surface area contributed by atoms with Crippen LogP contribution in [0.15, 0.2) is 18.3 Å². The molecule has 0 radical (unpaired) electrons. The minimum absolute atomic E-state index is 0.333. The second-order valence-corrected chi connectivity index (χ2v) is 3.89. The minimum Gasteiger partial charge on any atom is -0.159 e. The summed E-state index contributed by atoms with van der Waals surface area (Å²) in [6, 6.07) is 3.25. The Labute approximate surface area is 73.1 Å². The van der Waals surface area contributed by atoms with E-state index in [-0.39, 0.29) is 0 Å². The summed E-state index contributed by atoms with van der Waals surface area (Å²) in [7, 11) is 0. The van der Waals surface area contributed by atoms with Crippen LogP contribution in [0.3, 0.4) is 0 Å². The first-order chi connectivity index (χ1) is 4.61. The van der Waals surface area contributed by atoms with Crippen molar-refractivity contribution in [3.05, 3.63) is 24.0 Å². The van der Waals surface area contributed by atoms with Gasteiger partial charge in [-0.25, -0.2) is 0 Å². The maximum Gasteiger partial charge on any atom is 0.234 e. The Morgan fingerprint density at radius 1 is 1.30 bits per heavy atom. The second kappa shape index (κ2) is 2.91. The van der Waals surface area contributed by atoms with Crippen molar-refractivity contribution in [2.45, 2.75) is 3.79 Å². The normalized spacial score (nSPS) is 11.5. The fraction of sp³-hybridized carbons (Fsp3) is 0.200. The van der Waals surface area contributed by atoms with Crippen molar-refractivity contribution in [2.24, 2.45) is 0 Å². The average molecular weight is 197 g/mol. The summed E-state index contributed by atoms with van der Waals surface area (Å²) >= 11 is 16.5. The number of nitrogens with zero attached hydrogens (tertiary/aromatic N) is 2. The van der Waals surface area contributed by atoms with E-state index < -0.39 is 3.79 Å². The third kappa shape index (κ3) is 1.97. The monoisotopic (exact) mass is 196 g/mol. The van der Waals surface area contributed by atoms with Crippen LogP contribution < -0.4 is 0 Å². The lowest BCUT2D eigenvalue weighted by Gasteiger charge is -2.06. The van der Waals surface area contributed by atoms with Gasteiger partial charge < -0.3 is 0 Å². The highest BCUT2D eigenvalue weighted by atomic mass is 35.6. The lowest BCUT2D eigenvalue weighted by atomic mass is 10.4. The van der Waals surface area contributed by atoms with E-state index in [1.165, 1.54) is 6.20 Å². The van der Waals surface area contributed by atoms with Crippen molar-refractivity contribution < 1.29 is 0 Å². The molecule has 0 amide bonds. The lowest BCUT2D eigenvalue weighted by molar-refractivity contribution is 0.936. The Bertz CT molecular complexity index is 206. The predicted octanol–water partition coefficient (Wildman–Crippen LogP) is 2.30. The molecule has 10 heavy (non-hydrogen) atoms. The molecule has 1 aromatic heterocycles. The molecule has 2 nitrogen and oxygen atoms in total. The van der Waals surface area contributed by atoms with E-state index in [1.54, 1.807) is 12.1 Å². The number of halogens is 3. The van der Waals surface area contributed by atoms with Crippen LogP contribution in [0, 0.1) is 0 Å². The van der Waals surface area contributed by atoms with E-state index in [0.717, 1.165) is 0 Å². The molecule has 0 saturated carbocycles. The van der Waals surface area contributed by atoms with Crippen LogP contribution in [-0.2, 0) is 3.79 Å². The summed E-state index contributed by atoms with van der Waals surface area (Å²) in [6.07, 6.45) is 1.51. The van der Waals surface area contributed by atoms with Crippen LogP contribution in [0.5, 0.6) is 0 Å². The van der Waals surface area contributed by atoms with E-state index in [1.807, 2.05) is 0 Å². The average Bonchev–Trinajstić information content (AvgIpc) is 1.88. The molecular weight excluding hydrogens is 194 g/mol. The summed E-state index contributed by atoms with van der Waals surface area (Å²) in [5.74, 6) is 0. The molecule has 0 bridgehead atoms. The molecular formula is C5H3Cl3N2. The largest absolute Gasteiger partial charge is 0.234 e. The Morgan fingerprint density at radius 2 is 2.00 bits per heavy atom. The zero-order chi connectivity index (χ0) is 7.61. The Hall–Kier alpha value is -0.0500. The molecule has 0 aliphatic heterocycles. The number of rotatable bonds is 0. The number of hydrogen-bond donors (Lipinski definition) is 0. The summed E-state index contributed by atoms with van der Waals surface area (Å²) in [4.78, 5) is 0. The van der Waals surface area contributed by atoms with Crippen molar-refractivity contribution in [2.75, 3.05) is 0 Å². The van der Waals surface area contributed by atoms with E-state index in [9.17, 15) is 0 Å². The van der Waals surface area contributed by atoms with Crippen LogP contribution in [0.25, 0.3) is 0 Å². The summed E-state index contributed by atoms with van der Waals surface area (Å²) in [5, 5.41) is 7.15. The molecule has 0 aliphatic rings. The van der Waals surface area contributed by atoms with Crippen molar-refractivity contribution in [3.63, 3.8) is 0 Å². The highest BCUT2D eigenvalue weighted by Crippen LogP contribution is 2.35. The van der Waals surface area contributed by atoms with Crippen molar-refractivity contribution in [1.29, 1.82) is 0 Å². The Kier molecular flexibility index (Phi) is 2.34. The van der Waals surface area contributed by atoms with E-state index in [0.29, 0.717) is 5.69 Å². The summed E-state index contributed by atoms with van der Waals surface area (Å²) in [5.41, 5.74) is 0.333. The van der Waals surface area contributed by atoms with Gasteiger partial charge in [-0.2, -0.15) is 10.2 Å². The number of aromatic nitrogens is 2. The topological polar surface area (TPSA) is 25.8 Å². The van der Waals surface area contributed by atoms with Gasteiger partial charge in [-0.3, -0.25) is 0 Å². The molecule has 1 aromatic rings. The van der Waals surface area contributed by atoms with Crippen LogP contribution >= 0.6 is 34.8 Å². The molecule has 0 saturated heterocycles. The summed E-state index contributed by atoms with van der Waals surface area (Å²) < 4.78 is -1.46. The first kappa shape index (κ1) is 8.05. The molecule has 0 aliphatic carbocycles. The van der Waals surface area contributed by atoms with Gasteiger partial charge in [0, 0.05) is 6.20 Å². The first-order valence-corrected chi connectivity index (χ1v) is 3.59. The molecule has 5 heteroatoms. The van der Waals surface area contributed by atoms with E-state index in [2.05, 4.69) is 10.2 Å². The zero-order valence-corrected chi connectivity index (χ0v) is 7.03. The van der Waals surface area contributed by atoms with Gasteiger partial charge in [0.05, 0.1) is 0 Å². The molecule has 0 atom stereocenters. The van der Waals surface area contributed by atoms with Gasteiger partial charge in [-0.1, -0.05) is 34.8 Å². The molecule has 0 spiro atoms. The third-order valence-corrected chi connectivity index (χ3v) is 1.44. The van der Waals surface area contributed by atoms with Crippen LogP contribution in [0.2, 0.25) is 0 Å². The Balaban J connectivity index is 2.97.